The van der Waals surface area contributed by atoms with E-state index in [1.165, 1.54) is 38.5 Å². The molecule has 0 radical (unpaired) electrons. The third-order valence-corrected chi connectivity index (χ3v) is 4.99. The van der Waals surface area contributed by atoms with Gasteiger partial charge in [-0.2, -0.15) is 5.10 Å². The molecule has 20 heavy (non-hydrogen) atoms. The lowest BCUT2D eigenvalue weighted by Gasteiger charge is -2.42. The first-order chi connectivity index (χ1) is 9.75. The molecule has 0 unspecified atom stereocenters. The van der Waals surface area contributed by atoms with Crippen molar-refractivity contribution >= 4 is 0 Å². The van der Waals surface area contributed by atoms with E-state index in [-0.39, 0.29) is 0 Å². The highest BCUT2D eigenvalue weighted by atomic mass is 16.3. The average Bonchev–Trinajstić information content (AvgIpc) is 2.94. The van der Waals surface area contributed by atoms with Gasteiger partial charge in [0.15, 0.2) is 0 Å². The SMILES string of the molecule is OC1(CN2CCCC[C@@H]2Cn2cccn2)CCCCC1. The van der Waals surface area contributed by atoms with E-state index in [9.17, 15) is 5.11 Å². The maximum atomic E-state index is 10.8. The maximum absolute atomic E-state index is 10.8. The summed E-state index contributed by atoms with van der Waals surface area (Å²) < 4.78 is 2.04. The van der Waals surface area contributed by atoms with E-state index in [0.717, 1.165) is 32.5 Å². The van der Waals surface area contributed by atoms with Crippen molar-refractivity contribution < 1.29 is 5.11 Å². The van der Waals surface area contributed by atoms with Gasteiger partial charge in [0.2, 0.25) is 0 Å². The van der Waals surface area contributed by atoms with Crippen LogP contribution in [0.15, 0.2) is 18.5 Å². The van der Waals surface area contributed by atoms with Gasteiger partial charge in [0.05, 0.1) is 12.1 Å². The van der Waals surface area contributed by atoms with Crippen molar-refractivity contribution in [2.24, 2.45) is 0 Å². The molecule has 2 fully saturated rings. The lowest BCUT2D eigenvalue weighted by Crippen LogP contribution is -2.51. The van der Waals surface area contributed by atoms with Gasteiger partial charge in [0.1, 0.15) is 0 Å². The summed E-state index contributed by atoms with van der Waals surface area (Å²) in [5.41, 5.74) is -0.433. The highest BCUT2D eigenvalue weighted by molar-refractivity contribution is 4.90. The lowest BCUT2D eigenvalue weighted by atomic mass is 9.83. The number of aliphatic hydroxyl groups is 1. The van der Waals surface area contributed by atoms with E-state index < -0.39 is 5.60 Å². The minimum absolute atomic E-state index is 0.433. The van der Waals surface area contributed by atoms with Gasteiger partial charge in [-0.05, 0) is 38.3 Å². The van der Waals surface area contributed by atoms with Crippen molar-refractivity contribution in [3.63, 3.8) is 0 Å². The summed E-state index contributed by atoms with van der Waals surface area (Å²) in [6.45, 7) is 2.95. The monoisotopic (exact) mass is 277 g/mol. The van der Waals surface area contributed by atoms with Crippen LogP contribution in [0.5, 0.6) is 0 Å². The molecule has 2 heterocycles. The molecule has 1 atom stereocenters. The smallest absolute Gasteiger partial charge is 0.0774 e. The molecule has 0 spiro atoms. The molecule has 4 nitrogen and oxygen atoms in total. The van der Waals surface area contributed by atoms with Gasteiger partial charge in [-0.15, -0.1) is 0 Å². The van der Waals surface area contributed by atoms with Crippen LogP contribution in [0.3, 0.4) is 0 Å². The van der Waals surface area contributed by atoms with Crippen molar-refractivity contribution in [3.8, 4) is 0 Å². The van der Waals surface area contributed by atoms with Crippen LogP contribution >= 0.6 is 0 Å². The standard InChI is InChI=1S/C16H27N3O/c20-16(8-3-1-4-9-16)14-18-11-5-2-7-15(18)13-19-12-6-10-17-19/h6,10,12,15,20H,1-5,7-9,11,13-14H2/t15-/m1/s1. The molecule has 0 bridgehead atoms. The molecule has 3 rings (SSSR count). The predicted molar refractivity (Wildman–Crippen MR) is 79.5 cm³/mol. The van der Waals surface area contributed by atoms with Crippen LogP contribution in [0.1, 0.15) is 51.4 Å². The Morgan fingerprint density at radius 1 is 1.15 bits per heavy atom. The molecule has 4 heteroatoms. The largest absolute Gasteiger partial charge is 0.389 e. The zero-order chi connectivity index (χ0) is 13.8. The molecule has 112 valence electrons. The minimum atomic E-state index is -0.433. The number of aromatic nitrogens is 2. The molecule has 2 aliphatic rings. The van der Waals surface area contributed by atoms with Gasteiger partial charge < -0.3 is 5.11 Å². The summed E-state index contributed by atoms with van der Waals surface area (Å²) in [4.78, 5) is 2.52. The summed E-state index contributed by atoms with van der Waals surface area (Å²) in [6, 6.07) is 2.52. The first-order valence-electron chi connectivity index (χ1n) is 8.19. The van der Waals surface area contributed by atoms with Crippen LogP contribution in [0.25, 0.3) is 0 Å². The van der Waals surface area contributed by atoms with Crippen LogP contribution in [0, 0.1) is 0 Å². The second-order valence-electron chi connectivity index (χ2n) is 6.63. The van der Waals surface area contributed by atoms with Crippen molar-refractivity contribution in [2.45, 2.75) is 69.6 Å². The van der Waals surface area contributed by atoms with E-state index in [1.807, 2.05) is 23.1 Å². The Morgan fingerprint density at radius 3 is 2.75 bits per heavy atom. The number of β-amino-alcohol motifs (C(OH)–C–C–N with tert-alkyl or cyclic N) is 1. The fourth-order valence-electron chi connectivity index (χ4n) is 3.85. The molecule has 1 saturated carbocycles. The Morgan fingerprint density at radius 2 is 2.00 bits per heavy atom. The van der Waals surface area contributed by atoms with E-state index in [0.29, 0.717) is 6.04 Å². The van der Waals surface area contributed by atoms with Crippen molar-refractivity contribution in [3.05, 3.63) is 18.5 Å². The zero-order valence-corrected chi connectivity index (χ0v) is 12.4. The number of hydrogen-bond donors (Lipinski definition) is 1. The molecular weight excluding hydrogens is 250 g/mol. The Kier molecular flexibility index (Phi) is 4.41. The van der Waals surface area contributed by atoms with Gasteiger partial charge in [-0.25, -0.2) is 0 Å². The van der Waals surface area contributed by atoms with E-state index in [4.69, 9.17) is 0 Å². The van der Waals surface area contributed by atoms with Crippen LogP contribution in [-0.2, 0) is 6.54 Å². The summed E-state index contributed by atoms with van der Waals surface area (Å²) in [6.07, 6.45) is 13.3. The van der Waals surface area contributed by atoms with Crippen LogP contribution in [0.2, 0.25) is 0 Å². The van der Waals surface area contributed by atoms with Crippen molar-refractivity contribution in [2.75, 3.05) is 13.1 Å². The number of likely N-dealkylation sites (tertiary alicyclic amines) is 1. The van der Waals surface area contributed by atoms with Crippen LogP contribution < -0.4 is 0 Å². The Labute approximate surface area is 121 Å². The second-order valence-corrected chi connectivity index (χ2v) is 6.63. The van der Waals surface area contributed by atoms with Gasteiger partial charge >= 0.3 is 0 Å². The van der Waals surface area contributed by atoms with E-state index in [1.54, 1.807) is 0 Å². The first-order valence-corrected chi connectivity index (χ1v) is 8.19. The topological polar surface area (TPSA) is 41.3 Å². The predicted octanol–water partition coefficient (Wildman–Crippen LogP) is 2.43. The lowest BCUT2D eigenvalue weighted by molar-refractivity contribution is -0.0443. The Balaban J connectivity index is 1.62. The highest BCUT2D eigenvalue weighted by Gasteiger charge is 2.34. The summed E-state index contributed by atoms with van der Waals surface area (Å²) in [5, 5.41) is 15.1. The van der Waals surface area contributed by atoms with Crippen LogP contribution in [-0.4, -0.2) is 44.5 Å². The Bertz CT molecular complexity index is 398. The summed E-state index contributed by atoms with van der Waals surface area (Å²) in [5.74, 6) is 0. The fourth-order valence-corrected chi connectivity index (χ4v) is 3.85. The number of nitrogens with zero attached hydrogens (tertiary/aromatic N) is 3. The van der Waals surface area contributed by atoms with Crippen molar-refractivity contribution in [1.82, 2.24) is 14.7 Å². The fraction of sp³-hybridized carbons (Fsp3) is 0.812. The van der Waals surface area contributed by atoms with E-state index in [2.05, 4.69) is 10.00 Å². The van der Waals surface area contributed by atoms with Gasteiger partial charge in [0.25, 0.3) is 0 Å². The normalized spacial score (nSPS) is 27.6. The molecule has 1 aliphatic heterocycles. The molecule has 0 aromatic carbocycles. The molecule has 0 amide bonds. The minimum Gasteiger partial charge on any atom is -0.389 e. The third-order valence-electron chi connectivity index (χ3n) is 4.99. The number of piperidine rings is 1. The van der Waals surface area contributed by atoms with Gasteiger partial charge in [-0.3, -0.25) is 9.58 Å². The molecule has 1 saturated heterocycles. The summed E-state index contributed by atoms with van der Waals surface area (Å²) >= 11 is 0. The van der Waals surface area contributed by atoms with Gasteiger partial charge in [-0.1, -0.05) is 25.7 Å². The quantitative estimate of drug-likeness (QED) is 0.919. The Hall–Kier alpha value is -0.870. The molecule has 1 aromatic rings. The number of rotatable bonds is 4. The second kappa shape index (κ2) is 6.27. The number of hydrogen-bond acceptors (Lipinski definition) is 3. The highest BCUT2D eigenvalue weighted by Crippen LogP contribution is 2.31. The first kappa shape index (κ1) is 14.1. The molecular formula is C16H27N3O. The molecule has 1 N–H and O–H groups in total. The molecule has 1 aromatic heterocycles. The van der Waals surface area contributed by atoms with Crippen LogP contribution in [0.4, 0.5) is 0 Å². The van der Waals surface area contributed by atoms with Crippen molar-refractivity contribution in [1.29, 1.82) is 0 Å². The zero-order valence-electron chi connectivity index (χ0n) is 12.4. The molecule has 1 aliphatic carbocycles. The van der Waals surface area contributed by atoms with Gasteiger partial charge in [0, 0.05) is 25.0 Å². The maximum Gasteiger partial charge on any atom is 0.0774 e. The summed E-state index contributed by atoms with van der Waals surface area (Å²) in [7, 11) is 0. The van der Waals surface area contributed by atoms with E-state index >= 15 is 0 Å². The third kappa shape index (κ3) is 3.41. The average molecular weight is 277 g/mol.